The minimum atomic E-state index is 0.0470. The SMILES string of the molecule is C=C1[C@@H](CCOC2CCCCO2)[C@H]1CCCCCCCCOc1ccc(Cl)cc1. The van der Waals surface area contributed by atoms with Crippen molar-refractivity contribution in [3.63, 3.8) is 0 Å². The van der Waals surface area contributed by atoms with Gasteiger partial charge in [0.15, 0.2) is 6.29 Å². The Kier molecular flexibility index (Phi) is 9.85. The average Bonchev–Trinajstić information content (AvgIpc) is 3.36. The normalized spacial score (nSPS) is 23.9. The molecule has 29 heavy (non-hydrogen) atoms. The highest BCUT2D eigenvalue weighted by Crippen LogP contribution is 2.49. The van der Waals surface area contributed by atoms with E-state index in [9.17, 15) is 0 Å². The molecule has 1 heterocycles. The van der Waals surface area contributed by atoms with E-state index in [-0.39, 0.29) is 6.29 Å². The van der Waals surface area contributed by atoms with E-state index in [1.807, 2.05) is 24.3 Å². The summed E-state index contributed by atoms with van der Waals surface area (Å²) in [5.41, 5.74) is 1.46. The minimum Gasteiger partial charge on any atom is -0.494 e. The molecule has 4 heteroatoms. The lowest BCUT2D eigenvalue weighted by Crippen LogP contribution is -2.22. The molecule has 0 radical (unpaired) electrons. The van der Waals surface area contributed by atoms with Crippen LogP contribution in [-0.2, 0) is 9.47 Å². The molecule has 3 rings (SSSR count). The summed E-state index contributed by atoms with van der Waals surface area (Å²) in [4.78, 5) is 0. The molecule has 0 aromatic heterocycles. The van der Waals surface area contributed by atoms with Crippen molar-refractivity contribution in [2.45, 2.75) is 76.9 Å². The van der Waals surface area contributed by atoms with Crippen LogP contribution in [0.4, 0.5) is 0 Å². The summed E-state index contributed by atoms with van der Waals surface area (Å²) >= 11 is 5.88. The van der Waals surface area contributed by atoms with Crippen LogP contribution < -0.4 is 4.74 Å². The fourth-order valence-corrected chi connectivity index (χ4v) is 4.41. The van der Waals surface area contributed by atoms with Gasteiger partial charge in [-0.05, 0) is 74.6 Å². The van der Waals surface area contributed by atoms with E-state index in [0.29, 0.717) is 5.92 Å². The van der Waals surface area contributed by atoms with Crippen molar-refractivity contribution in [1.82, 2.24) is 0 Å². The van der Waals surface area contributed by atoms with E-state index >= 15 is 0 Å². The van der Waals surface area contributed by atoms with Crippen LogP contribution in [0.15, 0.2) is 36.4 Å². The third-order valence-electron chi connectivity index (χ3n) is 6.19. The van der Waals surface area contributed by atoms with Gasteiger partial charge in [-0.25, -0.2) is 0 Å². The van der Waals surface area contributed by atoms with Crippen LogP contribution in [0.25, 0.3) is 0 Å². The molecule has 2 fully saturated rings. The standard InChI is InChI=1S/C25H37ClO3/c1-20-23(24(20)16-19-29-25-11-7-9-18-28-25)10-6-4-2-3-5-8-17-27-22-14-12-21(26)13-15-22/h12-15,23-25H,1-11,16-19H2/t23-,24+,25?/m0/s1. The first-order valence-electron chi connectivity index (χ1n) is 11.5. The van der Waals surface area contributed by atoms with Gasteiger partial charge in [-0.2, -0.15) is 0 Å². The summed E-state index contributed by atoms with van der Waals surface area (Å²) < 4.78 is 17.2. The van der Waals surface area contributed by atoms with Gasteiger partial charge in [0.1, 0.15) is 5.75 Å². The van der Waals surface area contributed by atoms with Crippen LogP contribution in [-0.4, -0.2) is 26.1 Å². The molecule has 0 N–H and O–H groups in total. The monoisotopic (exact) mass is 420 g/mol. The first-order valence-corrected chi connectivity index (χ1v) is 11.9. The lowest BCUT2D eigenvalue weighted by Gasteiger charge is -2.22. The van der Waals surface area contributed by atoms with Crippen molar-refractivity contribution in [1.29, 1.82) is 0 Å². The van der Waals surface area contributed by atoms with E-state index in [2.05, 4.69) is 6.58 Å². The van der Waals surface area contributed by atoms with Gasteiger partial charge < -0.3 is 14.2 Å². The average molecular weight is 421 g/mol. The fraction of sp³-hybridized carbons (Fsp3) is 0.680. The van der Waals surface area contributed by atoms with Crippen LogP contribution in [0.1, 0.15) is 70.6 Å². The van der Waals surface area contributed by atoms with E-state index < -0.39 is 0 Å². The van der Waals surface area contributed by atoms with Crippen molar-refractivity contribution in [2.24, 2.45) is 11.8 Å². The Balaban J connectivity index is 1.11. The summed E-state index contributed by atoms with van der Waals surface area (Å²) in [7, 11) is 0. The Bertz CT molecular complexity index is 595. The van der Waals surface area contributed by atoms with Crippen molar-refractivity contribution in [3.8, 4) is 5.75 Å². The number of halogens is 1. The molecule has 2 aliphatic rings. The highest BCUT2D eigenvalue weighted by atomic mass is 35.5. The maximum absolute atomic E-state index is 5.88. The smallest absolute Gasteiger partial charge is 0.157 e. The van der Waals surface area contributed by atoms with Gasteiger partial charge in [-0.3, -0.25) is 0 Å². The molecule has 162 valence electrons. The molecule has 0 spiro atoms. The van der Waals surface area contributed by atoms with Gasteiger partial charge in [0.2, 0.25) is 0 Å². The summed E-state index contributed by atoms with van der Waals surface area (Å²) in [5.74, 6) is 2.35. The number of hydrogen-bond acceptors (Lipinski definition) is 3. The number of benzene rings is 1. The Morgan fingerprint density at radius 3 is 2.38 bits per heavy atom. The Hall–Kier alpha value is -1.03. The van der Waals surface area contributed by atoms with E-state index in [4.69, 9.17) is 25.8 Å². The Labute approximate surface area is 181 Å². The van der Waals surface area contributed by atoms with Crippen LogP contribution in [0.2, 0.25) is 5.02 Å². The van der Waals surface area contributed by atoms with Gasteiger partial charge in [0.25, 0.3) is 0 Å². The second-order valence-corrected chi connectivity index (χ2v) is 8.89. The fourth-order valence-electron chi connectivity index (χ4n) is 4.28. The van der Waals surface area contributed by atoms with Crippen molar-refractivity contribution >= 4 is 11.6 Å². The molecule has 3 atom stereocenters. The molecule has 0 amide bonds. The van der Waals surface area contributed by atoms with Crippen LogP contribution in [0, 0.1) is 11.8 Å². The quantitative estimate of drug-likeness (QED) is 0.235. The predicted molar refractivity (Wildman–Crippen MR) is 120 cm³/mol. The second kappa shape index (κ2) is 12.6. The molecular weight excluding hydrogens is 384 g/mol. The molecular formula is C25H37ClO3. The van der Waals surface area contributed by atoms with Crippen molar-refractivity contribution in [3.05, 3.63) is 41.4 Å². The molecule has 3 nitrogen and oxygen atoms in total. The van der Waals surface area contributed by atoms with Crippen molar-refractivity contribution in [2.75, 3.05) is 19.8 Å². The highest BCUT2D eigenvalue weighted by Gasteiger charge is 2.40. The van der Waals surface area contributed by atoms with E-state index in [1.165, 1.54) is 56.9 Å². The zero-order valence-corrected chi connectivity index (χ0v) is 18.5. The zero-order valence-electron chi connectivity index (χ0n) is 17.8. The van der Waals surface area contributed by atoms with E-state index in [0.717, 1.165) is 55.8 Å². The molecule has 1 saturated carbocycles. The second-order valence-electron chi connectivity index (χ2n) is 8.46. The number of allylic oxidation sites excluding steroid dienone is 1. The van der Waals surface area contributed by atoms with Crippen LogP contribution in [0.3, 0.4) is 0 Å². The Morgan fingerprint density at radius 1 is 0.897 bits per heavy atom. The lowest BCUT2D eigenvalue weighted by molar-refractivity contribution is -0.163. The van der Waals surface area contributed by atoms with Crippen LogP contribution >= 0.6 is 11.6 Å². The lowest BCUT2D eigenvalue weighted by atomic mass is 10.1. The number of rotatable bonds is 14. The largest absolute Gasteiger partial charge is 0.494 e. The molecule has 1 aliphatic heterocycles. The van der Waals surface area contributed by atoms with Crippen molar-refractivity contribution < 1.29 is 14.2 Å². The third-order valence-corrected chi connectivity index (χ3v) is 6.44. The first-order chi connectivity index (χ1) is 14.2. The number of hydrogen-bond donors (Lipinski definition) is 0. The molecule has 1 aromatic rings. The molecule has 1 unspecified atom stereocenters. The maximum atomic E-state index is 5.88. The zero-order chi connectivity index (χ0) is 20.3. The number of ether oxygens (including phenoxy) is 3. The van der Waals surface area contributed by atoms with Gasteiger partial charge >= 0.3 is 0 Å². The summed E-state index contributed by atoms with van der Waals surface area (Å²) in [6.45, 7) is 6.74. The van der Waals surface area contributed by atoms with Gasteiger partial charge in [-0.15, -0.1) is 0 Å². The summed E-state index contributed by atoms with van der Waals surface area (Å²) in [5, 5.41) is 0.751. The highest BCUT2D eigenvalue weighted by molar-refractivity contribution is 6.30. The molecule has 0 bridgehead atoms. The van der Waals surface area contributed by atoms with Gasteiger partial charge in [-0.1, -0.05) is 55.9 Å². The minimum absolute atomic E-state index is 0.0470. The molecule has 1 aromatic carbocycles. The van der Waals surface area contributed by atoms with E-state index in [1.54, 1.807) is 0 Å². The first kappa shape index (κ1) is 22.7. The molecule has 1 saturated heterocycles. The molecule has 1 aliphatic carbocycles. The van der Waals surface area contributed by atoms with Crippen LogP contribution in [0.5, 0.6) is 5.75 Å². The topological polar surface area (TPSA) is 27.7 Å². The third kappa shape index (κ3) is 8.32. The summed E-state index contributed by atoms with van der Waals surface area (Å²) in [6, 6.07) is 7.59. The summed E-state index contributed by atoms with van der Waals surface area (Å²) in [6.07, 6.45) is 13.6. The Morgan fingerprint density at radius 2 is 1.62 bits per heavy atom. The van der Waals surface area contributed by atoms with Gasteiger partial charge in [0, 0.05) is 11.6 Å². The predicted octanol–water partition coefficient (Wildman–Crippen LogP) is 7.19. The maximum Gasteiger partial charge on any atom is 0.157 e. The number of unbranched alkanes of at least 4 members (excludes halogenated alkanes) is 5. The van der Waals surface area contributed by atoms with Gasteiger partial charge in [0.05, 0.1) is 13.2 Å².